The van der Waals surface area contributed by atoms with Crippen LogP contribution in [0, 0.1) is 5.92 Å². The Balaban J connectivity index is 2.15. The second kappa shape index (κ2) is 6.12. The van der Waals surface area contributed by atoms with Gasteiger partial charge in [-0.15, -0.1) is 0 Å². The van der Waals surface area contributed by atoms with E-state index in [-0.39, 0.29) is 5.91 Å². The van der Waals surface area contributed by atoms with Crippen LogP contribution in [0.4, 0.5) is 0 Å². The molecule has 0 bridgehead atoms. The van der Waals surface area contributed by atoms with E-state index >= 15 is 0 Å². The molecule has 1 N–H and O–H groups in total. The third kappa shape index (κ3) is 4.70. The van der Waals surface area contributed by atoms with Crippen LogP contribution in [-0.4, -0.2) is 24.0 Å². The topological polar surface area (TPSA) is 29.1 Å². The second-order valence-electron chi connectivity index (χ2n) is 3.99. The summed E-state index contributed by atoms with van der Waals surface area (Å²) in [6.45, 7) is 6.31. The largest absolute Gasteiger partial charge is 0.352 e. The highest BCUT2D eigenvalue weighted by Gasteiger charge is 2.16. The van der Waals surface area contributed by atoms with Crippen LogP contribution in [0.25, 0.3) is 0 Å². The Labute approximate surface area is 90.5 Å². The molecule has 3 heteroatoms. The van der Waals surface area contributed by atoms with Crippen molar-refractivity contribution in [3.8, 4) is 0 Å². The van der Waals surface area contributed by atoms with E-state index in [2.05, 4.69) is 11.9 Å². The molecule has 0 aliphatic carbocycles. The van der Waals surface area contributed by atoms with E-state index in [9.17, 15) is 4.79 Å². The van der Waals surface area contributed by atoms with Crippen molar-refractivity contribution in [1.29, 1.82) is 0 Å². The van der Waals surface area contributed by atoms with Crippen LogP contribution < -0.4 is 5.32 Å². The Morgan fingerprint density at radius 2 is 2.14 bits per heavy atom. The molecule has 0 atom stereocenters. The quantitative estimate of drug-likeness (QED) is 0.725. The summed E-state index contributed by atoms with van der Waals surface area (Å²) in [5.74, 6) is 3.24. The summed E-state index contributed by atoms with van der Waals surface area (Å²) in [6.07, 6.45) is 3.10. The van der Waals surface area contributed by atoms with Gasteiger partial charge in [-0.05, 0) is 37.2 Å². The molecule has 14 heavy (non-hydrogen) atoms. The third-order valence-electron chi connectivity index (χ3n) is 2.40. The van der Waals surface area contributed by atoms with Crippen molar-refractivity contribution < 1.29 is 4.79 Å². The van der Waals surface area contributed by atoms with Gasteiger partial charge in [-0.1, -0.05) is 12.2 Å². The summed E-state index contributed by atoms with van der Waals surface area (Å²) in [5, 5.41) is 2.88. The minimum atomic E-state index is 0.185. The number of rotatable bonds is 4. The van der Waals surface area contributed by atoms with Crippen molar-refractivity contribution in [3.63, 3.8) is 0 Å². The molecule has 1 aliphatic rings. The number of nitrogens with one attached hydrogen (secondary N) is 1. The number of hydrogen-bond donors (Lipinski definition) is 1. The summed E-state index contributed by atoms with van der Waals surface area (Å²) >= 11 is 2.00. The lowest BCUT2D eigenvalue weighted by molar-refractivity contribution is -0.121. The fourth-order valence-electron chi connectivity index (χ4n) is 1.53. The minimum Gasteiger partial charge on any atom is -0.352 e. The highest BCUT2D eigenvalue weighted by molar-refractivity contribution is 7.99. The zero-order valence-electron chi connectivity index (χ0n) is 8.84. The number of amides is 1. The Hall–Kier alpha value is -0.440. The van der Waals surface area contributed by atoms with Gasteiger partial charge < -0.3 is 5.32 Å². The molecule has 1 rings (SSSR count). The molecule has 0 aromatic rings. The van der Waals surface area contributed by atoms with Gasteiger partial charge in [0.2, 0.25) is 5.91 Å². The Bertz CT molecular complexity index is 209. The Kier molecular flexibility index (Phi) is 5.09. The molecule has 1 fully saturated rings. The predicted molar refractivity (Wildman–Crippen MR) is 62.5 cm³/mol. The minimum absolute atomic E-state index is 0.185. The second-order valence-corrected chi connectivity index (χ2v) is 5.22. The standard InChI is InChI=1S/C11H19NOS/c1-9(2)8-12-11(13)7-10-3-5-14-6-4-10/h10H,1,3-8H2,2H3,(H,12,13). The van der Waals surface area contributed by atoms with E-state index in [1.165, 1.54) is 24.3 Å². The fourth-order valence-corrected chi connectivity index (χ4v) is 2.74. The Morgan fingerprint density at radius 1 is 1.50 bits per heavy atom. The van der Waals surface area contributed by atoms with Crippen LogP contribution in [-0.2, 0) is 4.79 Å². The Morgan fingerprint density at radius 3 is 2.71 bits per heavy atom. The average molecular weight is 213 g/mol. The van der Waals surface area contributed by atoms with Gasteiger partial charge in [0, 0.05) is 13.0 Å². The van der Waals surface area contributed by atoms with Crippen LogP contribution in [0.15, 0.2) is 12.2 Å². The number of carbonyl (C=O) groups excluding carboxylic acids is 1. The molecule has 80 valence electrons. The van der Waals surface area contributed by atoms with Crippen LogP contribution in [0.5, 0.6) is 0 Å². The highest BCUT2D eigenvalue weighted by Crippen LogP contribution is 2.24. The van der Waals surface area contributed by atoms with Gasteiger partial charge in [-0.2, -0.15) is 11.8 Å². The van der Waals surface area contributed by atoms with Gasteiger partial charge >= 0.3 is 0 Å². The molecule has 0 saturated carbocycles. The zero-order valence-corrected chi connectivity index (χ0v) is 9.66. The van der Waals surface area contributed by atoms with Crippen molar-refractivity contribution >= 4 is 17.7 Å². The maximum absolute atomic E-state index is 11.5. The third-order valence-corrected chi connectivity index (χ3v) is 3.45. The number of carbonyl (C=O) groups is 1. The van der Waals surface area contributed by atoms with E-state index in [0.717, 1.165) is 5.57 Å². The molecule has 2 nitrogen and oxygen atoms in total. The predicted octanol–water partition coefficient (Wildman–Crippen LogP) is 2.21. The van der Waals surface area contributed by atoms with E-state index < -0.39 is 0 Å². The lowest BCUT2D eigenvalue weighted by Gasteiger charge is -2.20. The summed E-state index contributed by atoms with van der Waals surface area (Å²) in [7, 11) is 0. The average Bonchev–Trinajstić information content (AvgIpc) is 2.16. The summed E-state index contributed by atoms with van der Waals surface area (Å²) in [5.41, 5.74) is 1.01. The lowest BCUT2D eigenvalue weighted by Crippen LogP contribution is -2.27. The van der Waals surface area contributed by atoms with E-state index in [4.69, 9.17) is 0 Å². The summed E-state index contributed by atoms with van der Waals surface area (Å²) in [4.78, 5) is 11.5. The van der Waals surface area contributed by atoms with Gasteiger partial charge in [0.15, 0.2) is 0 Å². The summed E-state index contributed by atoms with van der Waals surface area (Å²) < 4.78 is 0. The summed E-state index contributed by atoms with van der Waals surface area (Å²) in [6, 6.07) is 0. The molecule has 0 spiro atoms. The highest BCUT2D eigenvalue weighted by atomic mass is 32.2. The monoisotopic (exact) mass is 213 g/mol. The molecular weight excluding hydrogens is 194 g/mol. The van der Waals surface area contributed by atoms with Crippen LogP contribution in [0.1, 0.15) is 26.2 Å². The van der Waals surface area contributed by atoms with Crippen molar-refractivity contribution in [3.05, 3.63) is 12.2 Å². The van der Waals surface area contributed by atoms with Gasteiger partial charge in [0.05, 0.1) is 0 Å². The smallest absolute Gasteiger partial charge is 0.220 e. The van der Waals surface area contributed by atoms with E-state index in [0.29, 0.717) is 18.9 Å². The molecule has 1 aliphatic heterocycles. The van der Waals surface area contributed by atoms with Gasteiger partial charge in [0.25, 0.3) is 0 Å². The van der Waals surface area contributed by atoms with Gasteiger partial charge in [-0.3, -0.25) is 4.79 Å². The molecule has 0 radical (unpaired) electrons. The van der Waals surface area contributed by atoms with E-state index in [1.54, 1.807) is 0 Å². The van der Waals surface area contributed by atoms with Crippen LogP contribution in [0.2, 0.25) is 0 Å². The van der Waals surface area contributed by atoms with Crippen LogP contribution >= 0.6 is 11.8 Å². The van der Waals surface area contributed by atoms with Gasteiger partial charge in [-0.25, -0.2) is 0 Å². The van der Waals surface area contributed by atoms with Crippen molar-refractivity contribution in [2.75, 3.05) is 18.1 Å². The first-order valence-corrected chi connectivity index (χ1v) is 6.33. The zero-order chi connectivity index (χ0) is 10.4. The van der Waals surface area contributed by atoms with Gasteiger partial charge in [0.1, 0.15) is 0 Å². The first-order chi connectivity index (χ1) is 6.68. The molecule has 0 unspecified atom stereocenters. The maximum Gasteiger partial charge on any atom is 0.220 e. The molecule has 1 amide bonds. The molecule has 1 saturated heterocycles. The lowest BCUT2D eigenvalue weighted by atomic mass is 9.98. The number of thioether (sulfide) groups is 1. The van der Waals surface area contributed by atoms with Crippen LogP contribution in [0.3, 0.4) is 0 Å². The molecule has 0 aromatic heterocycles. The number of hydrogen-bond acceptors (Lipinski definition) is 2. The van der Waals surface area contributed by atoms with Crippen molar-refractivity contribution in [2.45, 2.75) is 26.2 Å². The molecule has 1 heterocycles. The normalized spacial score (nSPS) is 17.8. The maximum atomic E-state index is 11.5. The fraction of sp³-hybridized carbons (Fsp3) is 0.727. The van der Waals surface area contributed by atoms with Crippen molar-refractivity contribution in [2.24, 2.45) is 5.92 Å². The van der Waals surface area contributed by atoms with E-state index in [1.807, 2.05) is 18.7 Å². The SMILES string of the molecule is C=C(C)CNC(=O)CC1CCSCC1. The van der Waals surface area contributed by atoms with Crippen molar-refractivity contribution in [1.82, 2.24) is 5.32 Å². The first-order valence-electron chi connectivity index (χ1n) is 5.17. The molecular formula is C11H19NOS. The first kappa shape index (κ1) is 11.6. The molecule has 0 aromatic carbocycles.